The molecule has 1 aromatic rings. The van der Waals surface area contributed by atoms with Gasteiger partial charge in [0.2, 0.25) is 0 Å². The summed E-state index contributed by atoms with van der Waals surface area (Å²) in [6.07, 6.45) is 18.4. The van der Waals surface area contributed by atoms with Crippen LogP contribution in [0.25, 0.3) is 0 Å². The number of alkyl halides is 1. The van der Waals surface area contributed by atoms with Crippen molar-refractivity contribution in [3.8, 4) is 0 Å². The Labute approximate surface area is 136 Å². The van der Waals surface area contributed by atoms with E-state index < -0.39 is 0 Å². The Balaban J connectivity index is 1.71. The fourth-order valence-corrected chi connectivity index (χ4v) is 4.32. The predicted octanol–water partition coefficient (Wildman–Crippen LogP) is 5.28. The SMILES string of the molecule is ClC1=C(Cn2ccnc2)C=CC(Cl)(C2CCCCCC2)C1. The predicted molar refractivity (Wildman–Crippen MR) is 88.6 cm³/mol. The molecule has 0 spiro atoms. The average Bonchev–Trinajstić information content (AvgIpc) is 2.81. The van der Waals surface area contributed by atoms with Crippen molar-refractivity contribution >= 4 is 23.2 Å². The van der Waals surface area contributed by atoms with Gasteiger partial charge in [0.1, 0.15) is 0 Å². The first-order valence-electron chi connectivity index (χ1n) is 7.89. The molecule has 0 aromatic carbocycles. The molecule has 1 aromatic heterocycles. The molecule has 0 saturated heterocycles. The standard InChI is InChI=1S/C17H22Cl2N2/c18-16-11-17(19,15-5-3-1-2-4-6-15)8-7-14(16)12-21-10-9-20-13-21/h7-10,13,15H,1-6,11-12H2. The summed E-state index contributed by atoms with van der Waals surface area (Å²) < 4.78 is 2.04. The highest BCUT2D eigenvalue weighted by Gasteiger charge is 2.37. The lowest BCUT2D eigenvalue weighted by atomic mass is 9.80. The third-order valence-corrected chi connectivity index (χ3v) is 5.73. The second-order valence-electron chi connectivity index (χ2n) is 6.29. The third-order valence-electron chi connectivity index (χ3n) is 4.78. The Morgan fingerprint density at radius 3 is 2.62 bits per heavy atom. The van der Waals surface area contributed by atoms with E-state index in [2.05, 4.69) is 17.1 Å². The van der Waals surface area contributed by atoms with Crippen LogP contribution in [0.15, 0.2) is 41.5 Å². The van der Waals surface area contributed by atoms with E-state index in [1.165, 1.54) is 38.5 Å². The van der Waals surface area contributed by atoms with Crippen LogP contribution in [0.5, 0.6) is 0 Å². The minimum Gasteiger partial charge on any atom is -0.333 e. The van der Waals surface area contributed by atoms with Crippen molar-refractivity contribution in [1.82, 2.24) is 9.55 Å². The molecule has 2 aliphatic rings. The molecule has 1 atom stereocenters. The Morgan fingerprint density at radius 2 is 2.00 bits per heavy atom. The normalized spacial score (nSPS) is 27.9. The number of halogens is 2. The summed E-state index contributed by atoms with van der Waals surface area (Å²) in [5.74, 6) is 0.557. The van der Waals surface area contributed by atoms with E-state index in [9.17, 15) is 0 Å². The number of nitrogens with zero attached hydrogens (tertiary/aromatic N) is 2. The monoisotopic (exact) mass is 324 g/mol. The van der Waals surface area contributed by atoms with Gasteiger partial charge in [-0.25, -0.2) is 4.98 Å². The molecular formula is C17H22Cl2N2. The maximum absolute atomic E-state index is 6.94. The van der Waals surface area contributed by atoms with Gasteiger partial charge in [-0.05, 0) is 24.3 Å². The maximum atomic E-state index is 6.94. The lowest BCUT2D eigenvalue weighted by Crippen LogP contribution is -2.32. The molecule has 0 bridgehead atoms. The van der Waals surface area contributed by atoms with Crippen LogP contribution < -0.4 is 0 Å². The van der Waals surface area contributed by atoms with Gasteiger partial charge in [-0.1, -0.05) is 49.4 Å². The first-order valence-corrected chi connectivity index (χ1v) is 8.64. The van der Waals surface area contributed by atoms with Gasteiger partial charge in [0, 0.05) is 30.4 Å². The highest BCUT2D eigenvalue weighted by atomic mass is 35.5. The summed E-state index contributed by atoms with van der Waals surface area (Å²) in [5.41, 5.74) is 1.15. The molecular weight excluding hydrogens is 303 g/mol. The molecule has 0 aliphatic heterocycles. The van der Waals surface area contributed by atoms with E-state index in [0.717, 1.165) is 23.6 Å². The van der Waals surface area contributed by atoms with Gasteiger partial charge in [-0.2, -0.15) is 0 Å². The van der Waals surface area contributed by atoms with Crippen molar-refractivity contribution < 1.29 is 0 Å². The van der Waals surface area contributed by atoms with E-state index in [1.54, 1.807) is 6.20 Å². The lowest BCUT2D eigenvalue weighted by molar-refractivity contribution is 0.374. The lowest BCUT2D eigenvalue weighted by Gasteiger charge is -2.35. The molecule has 1 unspecified atom stereocenters. The molecule has 0 radical (unpaired) electrons. The van der Waals surface area contributed by atoms with Gasteiger partial charge in [-0.3, -0.25) is 0 Å². The van der Waals surface area contributed by atoms with Crippen molar-refractivity contribution in [3.05, 3.63) is 41.5 Å². The van der Waals surface area contributed by atoms with Crippen molar-refractivity contribution in [1.29, 1.82) is 0 Å². The summed E-state index contributed by atoms with van der Waals surface area (Å²) >= 11 is 13.5. The molecule has 1 saturated carbocycles. The smallest absolute Gasteiger partial charge is 0.0949 e. The Kier molecular flexibility index (Phi) is 4.75. The number of hydrogen-bond acceptors (Lipinski definition) is 1. The molecule has 0 N–H and O–H groups in total. The van der Waals surface area contributed by atoms with Crippen LogP contribution >= 0.6 is 23.2 Å². The van der Waals surface area contributed by atoms with Crippen LogP contribution in [0.3, 0.4) is 0 Å². The molecule has 4 heteroatoms. The van der Waals surface area contributed by atoms with Crippen molar-refractivity contribution in [2.24, 2.45) is 5.92 Å². The maximum Gasteiger partial charge on any atom is 0.0949 e. The number of rotatable bonds is 3. The minimum atomic E-state index is -0.278. The highest BCUT2D eigenvalue weighted by Crippen LogP contribution is 2.45. The van der Waals surface area contributed by atoms with Crippen LogP contribution in [0.1, 0.15) is 44.9 Å². The van der Waals surface area contributed by atoms with Crippen LogP contribution in [-0.2, 0) is 6.54 Å². The first-order chi connectivity index (χ1) is 10.2. The molecule has 114 valence electrons. The summed E-state index contributed by atoms with van der Waals surface area (Å²) in [4.78, 5) is 3.79. The fraction of sp³-hybridized carbons (Fsp3) is 0.588. The van der Waals surface area contributed by atoms with Gasteiger partial charge in [0.15, 0.2) is 0 Å². The average molecular weight is 325 g/mol. The topological polar surface area (TPSA) is 17.8 Å². The molecule has 2 aliphatic carbocycles. The highest BCUT2D eigenvalue weighted by molar-refractivity contribution is 6.32. The molecule has 3 rings (SSSR count). The van der Waals surface area contributed by atoms with E-state index >= 15 is 0 Å². The minimum absolute atomic E-state index is 0.278. The third kappa shape index (κ3) is 3.54. The van der Waals surface area contributed by atoms with Crippen molar-refractivity contribution in [2.45, 2.75) is 56.4 Å². The zero-order valence-electron chi connectivity index (χ0n) is 12.3. The van der Waals surface area contributed by atoms with E-state index in [-0.39, 0.29) is 4.87 Å². The quantitative estimate of drug-likeness (QED) is 0.546. The second kappa shape index (κ2) is 6.58. The largest absolute Gasteiger partial charge is 0.333 e. The van der Waals surface area contributed by atoms with Gasteiger partial charge in [-0.15, -0.1) is 11.6 Å². The molecule has 0 amide bonds. The summed E-state index contributed by atoms with van der Waals surface area (Å²) in [7, 11) is 0. The zero-order valence-corrected chi connectivity index (χ0v) is 13.8. The molecule has 2 nitrogen and oxygen atoms in total. The number of allylic oxidation sites excluding steroid dienone is 4. The Hall–Kier alpha value is -0.730. The first kappa shape index (κ1) is 15.2. The molecule has 1 fully saturated rings. The van der Waals surface area contributed by atoms with Crippen LogP contribution in [0, 0.1) is 5.92 Å². The summed E-state index contributed by atoms with van der Waals surface area (Å²) in [5, 5.41) is 0.908. The van der Waals surface area contributed by atoms with Crippen LogP contribution in [0.2, 0.25) is 0 Å². The number of imidazole rings is 1. The van der Waals surface area contributed by atoms with E-state index in [1.807, 2.05) is 17.1 Å². The molecule has 21 heavy (non-hydrogen) atoms. The van der Waals surface area contributed by atoms with Crippen molar-refractivity contribution in [2.75, 3.05) is 0 Å². The van der Waals surface area contributed by atoms with Gasteiger partial charge < -0.3 is 4.57 Å². The van der Waals surface area contributed by atoms with Gasteiger partial charge >= 0.3 is 0 Å². The number of hydrogen-bond donors (Lipinski definition) is 0. The second-order valence-corrected chi connectivity index (χ2v) is 7.45. The summed E-state index contributed by atoms with van der Waals surface area (Å²) in [6.45, 7) is 0.771. The number of aromatic nitrogens is 2. The summed E-state index contributed by atoms with van der Waals surface area (Å²) in [6, 6.07) is 0. The Bertz CT molecular complexity index is 525. The van der Waals surface area contributed by atoms with E-state index in [4.69, 9.17) is 23.2 Å². The fourth-order valence-electron chi connectivity index (χ4n) is 3.50. The van der Waals surface area contributed by atoms with E-state index in [0.29, 0.717) is 5.92 Å². The van der Waals surface area contributed by atoms with Gasteiger partial charge in [0.25, 0.3) is 0 Å². The van der Waals surface area contributed by atoms with Crippen molar-refractivity contribution in [3.63, 3.8) is 0 Å². The van der Waals surface area contributed by atoms with Gasteiger partial charge in [0.05, 0.1) is 11.2 Å². The molecule has 1 heterocycles. The van der Waals surface area contributed by atoms with Crippen LogP contribution in [0.4, 0.5) is 0 Å². The van der Waals surface area contributed by atoms with Crippen LogP contribution in [-0.4, -0.2) is 14.4 Å². The Morgan fingerprint density at radius 1 is 1.24 bits per heavy atom. The zero-order chi connectivity index (χ0) is 14.7.